The Bertz CT molecular complexity index is 266. The second kappa shape index (κ2) is 3.19. The van der Waals surface area contributed by atoms with Gasteiger partial charge in [-0.3, -0.25) is 0 Å². The molecule has 3 fully saturated rings. The van der Waals surface area contributed by atoms with Crippen LogP contribution in [0.1, 0.15) is 32.1 Å². The van der Waals surface area contributed by atoms with Crippen LogP contribution in [-0.2, 0) is 4.74 Å². The zero-order valence-corrected chi connectivity index (χ0v) is 9.36. The standard InChI is InChI=1S/C12H21NO2/c1-15-10-6-12(5-9(10)14)8-3-2-7(4-8)11(12)13/h7-11,14H,2-6,13H2,1H3/t7-,8+,9+,10+,11+,12?/m1/s1. The van der Waals surface area contributed by atoms with Crippen molar-refractivity contribution in [2.24, 2.45) is 23.0 Å². The van der Waals surface area contributed by atoms with Crippen LogP contribution in [0.2, 0.25) is 0 Å². The maximum absolute atomic E-state index is 9.98. The van der Waals surface area contributed by atoms with Gasteiger partial charge in [-0.25, -0.2) is 0 Å². The summed E-state index contributed by atoms with van der Waals surface area (Å²) in [5.74, 6) is 1.48. The molecule has 0 heterocycles. The molecule has 0 aromatic rings. The highest BCUT2D eigenvalue weighted by atomic mass is 16.5. The molecule has 0 aromatic heterocycles. The first-order valence-electron chi connectivity index (χ1n) is 6.14. The number of fused-ring (bicyclic) bond motifs is 3. The highest BCUT2D eigenvalue weighted by Gasteiger charge is 2.61. The second-order valence-electron chi connectivity index (χ2n) is 5.78. The monoisotopic (exact) mass is 211 g/mol. The van der Waals surface area contributed by atoms with E-state index in [2.05, 4.69) is 0 Å². The van der Waals surface area contributed by atoms with Crippen molar-refractivity contribution in [1.29, 1.82) is 0 Å². The summed E-state index contributed by atoms with van der Waals surface area (Å²) in [4.78, 5) is 0. The predicted octanol–water partition coefficient (Wildman–Crippen LogP) is 0.900. The largest absolute Gasteiger partial charge is 0.390 e. The van der Waals surface area contributed by atoms with Crippen LogP contribution in [0.4, 0.5) is 0 Å². The Labute approximate surface area is 91.0 Å². The Morgan fingerprint density at radius 3 is 2.67 bits per heavy atom. The molecule has 1 spiro atoms. The summed E-state index contributed by atoms with van der Waals surface area (Å²) < 4.78 is 5.36. The van der Waals surface area contributed by atoms with E-state index in [1.165, 1.54) is 19.3 Å². The summed E-state index contributed by atoms with van der Waals surface area (Å²) in [5, 5.41) is 9.98. The van der Waals surface area contributed by atoms with Gasteiger partial charge in [-0.2, -0.15) is 0 Å². The number of methoxy groups -OCH3 is 1. The van der Waals surface area contributed by atoms with Gasteiger partial charge in [-0.1, -0.05) is 0 Å². The average Bonchev–Trinajstić information content (AvgIpc) is 2.85. The van der Waals surface area contributed by atoms with Crippen LogP contribution in [0.25, 0.3) is 0 Å². The van der Waals surface area contributed by atoms with Gasteiger partial charge in [0.05, 0.1) is 12.2 Å². The van der Waals surface area contributed by atoms with Crippen LogP contribution in [0.5, 0.6) is 0 Å². The van der Waals surface area contributed by atoms with Crippen molar-refractivity contribution >= 4 is 0 Å². The molecule has 0 aliphatic heterocycles. The van der Waals surface area contributed by atoms with E-state index in [0.29, 0.717) is 6.04 Å². The Kier molecular flexibility index (Phi) is 2.14. The number of aliphatic hydroxyl groups is 1. The molecule has 0 saturated heterocycles. The lowest BCUT2D eigenvalue weighted by Gasteiger charge is -2.39. The molecule has 15 heavy (non-hydrogen) atoms. The van der Waals surface area contributed by atoms with Crippen LogP contribution in [0.15, 0.2) is 0 Å². The van der Waals surface area contributed by atoms with Gasteiger partial charge in [0.25, 0.3) is 0 Å². The molecule has 0 radical (unpaired) electrons. The molecule has 3 N–H and O–H groups in total. The number of nitrogens with two attached hydrogens (primary N) is 1. The molecule has 3 nitrogen and oxygen atoms in total. The lowest BCUT2D eigenvalue weighted by atomic mass is 9.69. The van der Waals surface area contributed by atoms with Crippen molar-refractivity contribution in [3.05, 3.63) is 0 Å². The first-order valence-corrected chi connectivity index (χ1v) is 6.14. The Morgan fingerprint density at radius 1 is 1.33 bits per heavy atom. The minimum atomic E-state index is -0.291. The smallest absolute Gasteiger partial charge is 0.0836 e. The fourth-order valence-corrected chi connectivity index (χ4v) is 4.57. The third-order valence-electron chi connectivity index (χ3n) is 5.36. The highest BCUT2D eigenvalue weighted by Crippen LogP contribution is 2.62. The molecular formula is C12H21NO2. The molecule has 3 heteroatoms. The van der Waals surface area contributed by atoms with Crippen molar-refractivity contribution in [3.63, 3.8) is 0 Å². The zero-order valence-electron chi connectivity index (χ0n) is 9.36. The molecule has 2 bridgehead atoms. The van der Waals surface area contributed by atoms with Crippen LogP contribution in [0.3, 0.4) is 0 Å². The van der Waals surface area contributed by atoms with Crippen molar-refractivity contribution < 1.29 is 9.84 Å². The van der Waals surface area contributed by atoms with Gasteiger partial charge < -0.3 is 15.6 Å². The summed E-state index contributed by atoms with van der Waals surface area (Å²) in [6.45, 7) is 0. The molecule has 6 atom stereocenters. The SMILES string of the molecule is CO[C@H]1CC2(C[C@@H]1O)[C@H]1CC[C@H](C1)[C@@H]2N. The van der Waals surface area contributed by atoms with E-state index in [0.717, 1.165) is 24.7 Å². The summed E-state index contributed by atoms with van der Waals surface area (Å²) in [6.07, 6.45) is 5.50. The number of aliphatic hydroxyl groups excluding tert-OH is 1. The summed E-state index contributed by atoms with van der Waals surface area (Å²) >= 11 is 0. The van der Waals surface area contributed by atoms with E-state index < -0.39 is 0 Å². The highest BCUT2D eigenvalue weighted by molar-refractivity contribution is 5.13. The number of rotatable bonds is 1. The van der Waals surface area contributed by atoms with E-state index in [4.69, 9.17) is 10.5 Å². The molecular weight excluding hydrogens is 190 g/mol. The minimum absolute atomic E-state index is 0.0235. The second-order valence-corrected chi connectivity index (χ2v) is 5.78. The summed E-state index contributed by atoms with van der Waals surface area (Å²) in [7, 11) is 1.70. The zero-order chi connectivity index (χ0) is 10.6. The van der Waals surface area contributed by atoms with E-state index in [1.807, 2.05) is 0 Å². The fraction of sp³-hybridized carbons (Fsp3) is 1.00. The molecule has 3 saturated carbocycles. The maximum atomic E-state index is 9.98. The molecule has 1 unspecified atom stereocenters. The van der Waals surface area contributed by atoms with Crippen LogP contribution < -0.4 is 5.73 Å². The van der Waals surface area contributed by atoms with Gasteiger partial charge in [0, 0.05) is 13.2 Å². The molecule has 3 aliphatic carbocycles. The normalized spacial score (nSPS) is 58.2. The Balaban J connectivity index is 1.86. The van der Waals surface area contributed by atoms with Gasteiger partial charge in [0.2, 0.25) is 0 Å². The van der Waals surface area contributed by atoms with Crippen molar-refractivity contribution in [1.82, 2.24) is 0 Å². The quantitative estimate of drug-likeness (QED) is 0.677. The van der Waals surface area contributed by atoms with Gasteiger partial charge >= 0.3 is 0 Å². The predicted molar refractivity (Wildman–Crippen MR) is 57.3 cm³/mol. The first kappa shape index (κ1) is 10.1. The number of hydrogen-bond acceptors (Lipinski definition) is 3. The van der Waals surface area contributed by atoms with Crippen LogP contribution in [0, 0.1) is 17.3 Å². The number of hydrogen-bond donors (Lipinski definition) is 2. The molecule has 0 amide bonds. The lowest BCUT2D eigenvalue weighted by molar-refractivity contribution is 0.00927. The lowest BCUT2D eigenvalue weighted by Crippen LogP contribution is -2.45. The third kappa shape index (κ3) is 1.17. The average molecular weight is 211 g/mol. The van der Waals surface area contributed by atoms with Gasteiger partial charge in [0.15, 0.2) is 0 Å². The van der Waals surface area contributed by atoms with Gasteiger partial charge in [-0.05, 0) is 49.4 Å². The fourth-order valence-electron chi connectivity index (χ4n) is 4.57. The Morgan fingerprint density at radius 2 is 2.13 bits per heavy atom. The topological polar surface area (TPSA) is 55.5 Å². The molecule has 3 rings (SSSR count). The van der Waals surface area contributed by atoms with Crippen molar-refractivity contribution in [2.45, 2.75) is 50.4 Å². The van der Waals surface area contributed by atoms with E-state index in [-0.39, 0.29) is 17.6 Å². The van der Waals surface area contributed by atoms with E-state index in [9.17, 15) is 5.11 Å². The number of ether oxygens (including phenoxy) is 1. The Hall–Kier alpha value is -0.120. The van der Waals surface area contributed by atoms with E-state index >= 15 is 0 Å². The molecule has 3 aliphatic rings. The van der Waals surface area contributed by atoms with Crippen LogP contribution in [-0.4, -0.2) is 30.5 Å². The van der Waals surface area contributed by atoms with Crippen molar-refractivity contribution in [3.8, 4) is 0 Å². The van der Waals surface area contributed by atoms with Gasteiger partial charge in [0.1, 0.15) is 0 Å². The maximum Gasteiger partial charge on any atom is 0.0836 e. The minimum Gasteiger partial charge on any atom is -0.390 e. The van der Waals surface area contributed by atoms with Crippen LogP contribution >= 0.6 is 0 Å². The van der Waals surface area contributed by atoms with E-state index in [1.54, 1.807) is 7.11 Å². The third-order valence-corrected chi connectivity index (χ3v) is 5.36. The molecule has 86 valence electrons. The van der Waals surface area contributed by atoms with Gasteiger partial charge in [-0.15, -0.1) is 0 Å². The summed E-state index contributed by atoms with van der Waals surface area (Å²) in [6, 6.07) is 0.311. The molecule has 0 aromatic carbocycles. The summed E-state index contributed by atoms with van der Waals surface area (Å²) in [5.41, 5.74) is 6.58. The van der Waals surface area contributed by atoms with Crippen molar-refractivity contribution in [2.75, 3.05) is 7.11 Å². The first-order chi connectivity index (χ1) is 7.17.